The minimum atomic E-state index is -0.892. The Hall–Kier alpha value is -1.89. The second kappa shape index (κ2) is 5.48. The number of aromatic nitrogens is 1. The molecule has 4 nitrogen and oxygen atoms in total. The maximum atomic E-state index is 12.7. The summed E-state index contributed by atoms with van der Waals surface area (Å²) in [6.07, 6.45) is 4.48. The van der Waals surface area contributed by atoms with Crippen LogP contribution in [0, 0.1) is 16.7 Å². The van der Waals surface area contributed by atoms with Gasteiger partial charge in [0.15, 0.2) is 0 Å². The van der Waals surface area contributed by atoms with Gasteiger partial charge in [0.2, 0.25) is 5.91 Å². The molecule has 1 aromatic heterocycles. The van der Waals surface area contributed by atoms with Gasteiger partial charge in [-0.15, -0.1) is 0 Å². The van der Waals surface area contributed by atoms with E-state index in [9.17, 15) is 10.1 Å². The van der Waals surface area contributed by atoms with Gasteiger partial charge in [0, 0.05) is 6.20 Å². The minimum absolute atomic E-state index is 0.0892. The van der Waals surface area contributed by atoms with Crippen LogP contribution < -0.4 is 5.32 Å². The Morgan fingerprint density at radius 1 is 1.43 bits per heavy atom. The van der Waals surface area contributed by atoms with E-state index >= 15 is 0 Å². The van der Waals surface area contributed by atoms with Crippen LogP contribution in [-0.2, 0) is 11.2 Å². The Bertz CT molecular complexity index is 582. The third-order valence-electron chi connectivity index (χ3n) is 4.61. The molecular formula is C17H23N3O. The van der Waals surface area contributed by atoms with E-state index in [2.05, 4.69) is 16.4 Å². The fraction of sp³-hybridized carbons (Fsp3) is 0.588. The molecule has 0 aromatic carbocycles. The number of nitriles is 1. The molecule has 21 heavy (non-hydrogen) atoms. The summed E-state index contributed by atoms with van der Waals surface area (Å²) in [5.74, 6) is -0.335. The zero-order chi connectivity index (χ0) is 15.7. The van der Waals surface area contributed by atoms with E-state index < -0.39 is 5.54 Å². The number of rotatable bonds is 2. The Labute approximate surface area is 126 Å². The third kappa shape index (κ3) is 2.92. The second-order valence-corrected chi connectivity index (χ2v) is 6.97. The molecule has 0 saturated heterocycles. The van der Waals surface area contributed by atoms with Crippen molar-refractivity contribution < 1.29 is 4.79 Å². The molecule has 0 fully saturated rings. The van der Waals surface area contributed by atoms with Crippen molar-refractivity contribution in [3.8, 4) is 6.07 Å². The summed E-state index contributed by atoms with van der Waals surface area (Å²) in [7, 11) is 0. The number of hydrogen-bond acceptors (Lipinski definition) is 3. The highest BCUT2D eigenvalue weighted by Gasteiger charge is 2.41. The number of fused-ring (bicyclic) bond motifs is 1. The molecule has 0 spiro atoms. The van der Waals surface area contributed by atoms with Gasteiger partial charge >= 0.3 is 0 Å². The van der Waals surface area contributed by atoms with E-state index in [0.29, 0.717) is 0 Å². The highest BCUT2D eigenvalue weighted by Crippen LogP contribution is 2.33. The molecule has 4 heteroatoms. The van der Waals surface area contributed by atoms with Crippen molar-refractivity contribution in [1.82, 2.24) is 10.3 Å². The van der Waals surface area contributed by atoms with E-state index in [-0.39, 0.29) is 17.2 Å². The van der Waals surface area contributed by atoms with Gasteiger partial charge in [0.1, 0.15) is 5.54 Å². The zero-order valence-electron chi connectivity index (χ0n) is 13.2. The van der Waals surface area contributed by atoms with E-state index in [1.165, 1.54) is 0 Å². The van der Waals surface area contributed by atoms with Crippen LogP contribution in [0.4, 0.5) is 0 Å². The van der Waals surface area contributed by atoms with Crippen LogP contribution >= 0.6 is 0 Å². The van der Waals surface area contributed by atoms with Crippen molar-refractivity contribution in [3.63, 3.8) is 0 Å². The first-order valence-electron chi connectivity index (χ1n) is 7.45. The van der Waals surface area contributed by atoms with Gasteiger partial charge in [-0.25, -0.2) is 0 Å². The minimum Gasteiger partial charge on any atom is -0.337 e. The van der Waals surface area contributed by atoms with Crippen LogP contribution in [0.25, 0.3) is 0 Å². The quantitative estimate of drug-likeness (QED) is 0.908. The average molecular weight is 285 g/mol. The summed E-state index contributed by atoms with van der Waals surface area (Å²) in [4.78, 5) is 17.1. The molecule has 0 aliphatic heterocycles. The van der Waals surface area contributed by atoms with Crippen molar-refractivity contribution in [2.24, 2.45) is 5.41 Å². The lowest BCUT2D eigenvalue weighted by Gasteiger charge is -2.38. The first-order chi connectivity index (χ1) is 9.78. The number of aryl methyl sites for hydroxylation is 1. The molecule has 1 aromatic rings. The lowest BCUT2D eigenvalue weighted by molar-refractivity contribution is -0.125. The molecule has 0 saturated carbocycles. The van der Waals surface area contributed by atoms with Crippen molar-refractivity contribution in [2.45, 2.75) is 58.4 Å². The standard InChI is InChI=1S/C17H23N3O/c1-16(2,3)17(4,11-18)20-15(21)13-9-5-7-12-8-6-10-19-14(12)13/h6,8,10,13H,5,7,9H2,1-4H3,(H,20,21). The molecule has 1 amide bonds. The number of carbonyl (C=O) groups is 1. The normalized spacial score (nSPS) is 20.8. The first-order valence-corrected chi connectivity index (χ1v) is 7.45. The number of nitrogens with one attached hydrogen (secondary N) is 1. The van der Waals surface area contributed by atoms with E-state index in [1.807, 2.05) is 32.9 Å². The largest absolute Gasteiger partial charge is 0.337 e. The fourth-order valence-corrected chi connectivity index (χ4v) is 2.58. The smallest absolute Gasteiger partial charge is 0.230 e. The summed E-state index contributed by atoms with van der Waals surface area (Å²) >= 11 is 0. The van der Waals surface area contributed by atoms with Crippen LogP contribution in [0.15, 0.2) is 18.3 Å². The molecule has 2 unspecified atom stereocenters. The summed E-state index contributed by atoms with van der Waals surface area (Å²) < 4.78 is 0. The highest BCUT2D eigenvalue weighted by molar-refractivity contribution is 5.85. The molecule has 1 heterocycles. The Kier molecular flexibility index (Phi) is 4.04. The first kappa shape index (κ1) is 15.5. The number of hydrogen-bond donors (Lipinski definition) is 1. The monoisotopic (exact) mass is 285 g/mol. The van der Waals surface area contributed by atoms with Crippen LogP contribution in [0.2, 0.25) is 0 Å². The Morgan fingerprint density at radius 2 is 2.14 bits per heavy atom. The number of carbonyl (C=O) groups excluding carboxylic acids is 1. The molecule has 0 radical (unpaired) electrons. The summed E-state index contributed by atoms with van der Waals surface area (Å²) in [6.45, 7) is 7.67. The van der Waals surface area contributed by atoms with Crippen molar-refractivity contribution in [1.29, 1.82) is 5.26 Å². The topological polar surface area (TPSA) is 65.8 Å². The zero-order valence-corrected chi connectivity index (χ0v) is 13.2. The lowest BCUT2D eigenvalue weighted by Crippen LogP contribution is -2.55. The number of nitrogens with zero attached hydrogens (tertiary/aromatic N) is 2. The summed E-state index contributed by atoms with van der Waals surface area (Å²) in [5.41, 5.74) is 0.795. The molecule has 112 valence electrons. The van der Waals surface area contributed by atoms with Crippen LogP contribution in [0.3, 0.4) is 0 Å². The second-order valence-electron chi connectivity index (χ2n) is 6.97. The van der Waals surface area contributed by atoms with Gasteiger partial charge in [-0.1, -0.05) is 26.8 Å². The van der Waals surface area contributed by atoms with E-state index in [4.69, 9.17) is 0 Å². The van der Waals surface area contributed by atoms with Crippen LogP contribution in [0.5, 0.6) is 0 Å². The average Bonchev–Trinajstić information content (AvgIpc) is 2.45. The van der Waals surface area contributed by atoms with Gasteiger partial charge < -0.3 is 5.32 Å². The summed E-state index contributed by atoms with van der Waals surface area (Å²) in [5, 5.41) is 12.4. The van der Waals surface area contributed by atoms with Crippen molar-refractivity contribution in [2.75, 3.05) is 0 Å². The van der Waals surface area contributed by atoms with Crippen molar-refractivity contribution >= 4 is 5.91 Å². The van der Waals surface area contributed by atoms with E-state index in [0.717, 1.165) is 30.5 Å². The van der Waals surface area contributed by atoms with E-state index in [1.54, 1.807) is 13.1 Å². The lowest BCUT2D eigenvalue weighted by atomic mass is 9.75. The molecule has 1 aliphatic rings. The van der Waals surface area contributed by atoms with Crippen LogP contribution in [0.1, 0.15) is 57.7 Å². The maximum Gasteiger partial charge on any atom is 0.230 e. The number of pyridine rings is 1. The van der Waals surface area contributed by atoms with Gasteiger partial charge in [0.05, 0.1) is 17.7 Å². The maximum absolute atomic E-state index is 12.7. The molecule has 2 rings (SSSR count). The third-order valence-corrected chi connectivity index (χ3v) is 4.61. The fourth-order valence-electron chi connectivity index (χ4n) is 2.58. The predicted molar refractivity (Wildman–Crippen MR) is 81.5 cm³/mol. The Balaban J connectivity index is 2.25. The van der Waals surface area contributed by atoms with Gasteiger partial charge in [0.25, 0.3) is 0 Å². The molecule has 1 N–H and O–H groups in total. The predicted octanol–water partition coefficient (Wildman–Crippen LogP) is 2.95. The summed E-state index contributed by atoms with van der Waals surface area (Å²) in [6, 6.07) is 6.21. The van der Waals surface area contributed by atoms with Gasteiger partial charge in [-0.05, 0) is 43.2 Å². The van der Waals surface area contributed by atoms with Crippen molar-refractivity contribution in [3.05, 3.63) is 29.6 Å². The molecule has 2 atom stereocenters. The van der Waals surface area contributed by atoms with Gasteiger partial charge in [-0.2, -0.15) is 5.26 Å². The number of amides is 1. The highest BCUT2D eigenvalue weighted by atomic mass is 16.2. The molecule has 1 aliphatic carbocycles. The van der Waals surface area contributed by atoms with Gasteiger partial charge in [-0.3, -0.25) is 9.78 Å². The molecule has 0 bridgehead atoms. The molecular weight excluding hydrogens is 262 g/mol. The SMILES string of the molecule is CC(C)(C)C(C)(C#N)NC(=O)C1CCCc2cccnc21. The van der Waals surface area contributed by atoms with Crippen LogP contribution in [-0.4, -0.2) is 16.4 Å². The Morgan fingerprint density at radius 3 is 2.76 bits per heavy atom.